The van der Waals surface area contributed by atoms with Crippen LogP contribution in [-0.2, 0) is 17.8 Å². The average molecular weight is 556 g/mol. The van der Waals surface area contributed by atoms with Gasteiger partial charge < -0.3 is 24.3 Å². The Morgan fingerprint density at radius 2 is 2.00 bits per heavy atom. The van der Waals surface area contributed by atoms with Gasteiger partial charge in [-0.2, -0.15) is 5.26 Å². The predicted octanol–water partition coefficient (Wildman–Crippen LogP) is 4.13. The third kappa shape index (κ3) is 5.15. The molecular formula is C28H32Cl2N6O2. The number of hydrogen-bond acceptors (Lipinski definition) is 7. The molecule has 4 heterocycles. The summed E-state index contributed by atoms with van der Waals surface area (Å²) >= 11 is 12.9. The van der Waals surface area contributed by atoms with Crippen LogP contribution in [0, 0.1) is 11.3 Å². The number of carbonyl (C=O) groups excluding carboxylic acids is 1. The largest absolute Gasteiger partial charge is 0.475 e. The number of anilines is 2. The molecule has 3 aliphatic rings. The van der Waals surface area contributed by atoms with Crippen molar-refractivity contribution in [3.63, 3.8) is 0 Å². The molecule has 1 atom stereocenters. The molecule has 1 aromatic heterocycles. The van der Waals surface area contributed by atoms with E-state index in [2.05, 4.69) is 34.4 Å². The van der Waals surface area contributed by atoms with Crippen molar-refractivity contribution < 1.29 is 9.53 Å². The summed E-state index contributed by atoms with van der Waals surface area (Å²) in [7, 11) is 2.11. The maximum atomic E-state index is 12.2. The van der Waals surface area contributed by atoms with Crippen molar-refractivity contribution in [3.8, 4) is 11.9 Å². The quantitative estimate of drug-likeness (QED) is 0.497. The molecule has 2 aromatic rings. The van der Waals surface area contributed by atoms with Crippen molar-refractivity contribution in [1.82, 2.24) is 14.8 Å². The van der Waals surface area contributed by atoms with Crippen LogP contribution in [0.25, 0.3) is 0 Å². The van der Waals surface area contributed by atoms with Crippen LogP contribution in [0.3, 0.4) is 0 Å². The van der Waals surface area contributed by atoms with Crippen LogP contribution in [0.15, 0.2) is 30.9 Å². The summed E-state index contributed by atoms with van der Waals surface area (Å²) in [6, 6.07) is 8.36. The van der Waals surface area contributed by atoms with Crippen LogP contribution in [0.2, 0.25) is 10.0 Å². The molecule has 0 bridgehead atoms. The van der Waals surface area contributed by atoms with E-state index in [1.165, 1.54) is 6.08 Å². The summed E-state index contributed by atoms with van der Waals surface area (Å²) in [6.07, 6.45) is 4.26. The SMILES string of the molecule is C=CC(=O)N1CCN(c2c(C#N)c(OCC3CCCN3C)nc3c2CCN(c2cccc(Cl)c2Cl)C3)CC1. The number of nitriles is 1. The van der Waals surface area contributed by atoms with Crippen LogP contribution in [-0.4, -0.2) is 79.7 Å². The minimum atomic E-state index is -0.0688. The van der Waals surface area contributed by atoms with Gasteiger partial charge in [-0.1, -0.05) is 35.8 Å². The van der Waals surface area contributed by atoms with Crippen LogP contribution in [0.1, 0.15) is 29.7 Å². The lowest BCUT2D eigenvalue weighted by atomic mass is 9.97. The van der Waals surface area contributed by atoms with Crippen molar-refractivity contribution in [2.45, 2.75) is 31.8 Å². The van der Waals surface area contributed by atoms with Crippen molar-refractivity contribution >= 4 is 40.5 Å². The molecular weight excluding hydrogens is 523 g/mol. The Morgan fingerprint density at radius 3 is 2.68 bits per heavy atom. The molecule has 1 aromatic carbocycles. The molecule has 8 nitrogen and oxygen atoms in total. The second-order valence-electron chi connectivity index (χ2n) is 10.0. The van der Waals surface area contributed by atoms with Gasteiger partial charge in [-0.25, -0.2) is 4.98 Å². The van der Waals surface area contributed by atoms with E-state index in [0.29, 0.717) is 79.8 Å². The van der Waals surface area contributed by atoms with Gasteiger partial charge in [-0.05, 0) is 51.1 Å². The van der Waals surface area contributed by atoms with Gasteiger partial charge in [-0.3, -0.25) is 4.79 Å². The molecule has 0 radical (unpaired) electrons. The van der Waals surface area contributed by atoms with Gasteiger partial charge in [0.25, 0.3) is 0 Å². The number of halogens is 2. The highest BCUT2D eigenvalue weighted by atomic mass is 35.5. The van der Waals surface area contributed by atoms with E-state index in [-0.39, 0.29) is 5.91 Å². The van der Waals surface area contributed by atoms with Crippen molar-refractivity contribution in [2.75, 3.05) is 62.7 Å². The number of likely N-dealkylation sites (tertiary alicyclic amines) is 1. The lowest BCUT2D eigenvalue weighted by Crippen LogP contribution is -2.49. The molecule has 3 aliphatic heterocycles. The van der Waals surface area contributed by atoms with Gasteiger partial charge in [0.15, 0.2) is 0 Å². The van der Waals surface area contributed by atoms with E-state index in [1.807, 2.05) is 12.1 Å². The van der Waals surface area contributed by atoms with Gasteiger partial charge in [0.1, 0.15) is 18.2 Å². The summed E-state index contributed by atoms with van der Waals surface area (Å²) in [6.45, 7) is 8.78. The number of benzene rings is 1. The van der Waals surface area contributed by atoms with Crippen LogP contribution >= 0.6 is 23.2 Å². The molecule has 200 valence electrons. The first kappa shape index (κ1) is 26.6. The van der Waals surface area contributed by atoms with E-state index in [0.717, 1.165) is 42.0 Å². The Bertz CT molecular complexity index is 1270. The number of likely N-dealkylation sites (N-methyl/N-ethyl adjacent to an activating group) is 1. The third-order valence-corrected chi connectivity index (χ3v) is 8.65. The molecule has 2 fully saturated rings. The summed E-state index contributed by atoms with van der Waals surface area (Å²) in [4.78, 5) is 25.6. The van der Waals surface area contributed by atoms with Crippen molar-refractivity contribution in [3.05, 3.63) is 57.7 Å². The molecule has 10 heteroatoms. The Kier molecular flexibility index (Phi) is 7.98. The predicted molar refractivity (Wildman–Crippen MR) is 150 cm³/mol. The first-order chi connectivity index (χ1) is 18.4. The molecule has 0 spiro atoms. The van der Waals surface area contributed by atoms with E-state index >= 15 is 0 Å². The minimum absolute atomic E-state index is 0.0688. The number of pyridine rings is 1. The van der Waals surface area contributed by atoms with Gasteiger partial charge in [0.05, 0.1) is 33.7 Å². The molecule has 1 amide bonds. The van der Waals surface area contributed by atoms with E-state index in [1.54, 1.807) is 11.0 Å². The first-order valence-corrected chi connectivity index (χ1v) is 13.8. The maximum absolute atomic E-state index is 12.2. The van der Waals surface area contributed by atoms with Gasteiger partial charge in [0.2, 0.25) is 11.8 Å². The molecule has 0 N–H and O–H groups in total. The zero-order chi connectivity index (χ0) is 26.8. The van der Waals surface area contributed by atoms with E-state index < -0.39 is 0 Å². The normalized spacial score (nSPS) is 19.7. The lowest BCUT2D eigenvalue weighted by molar-refractivity contribution is -0.126. The smallest absolute Gasteiger partial charge is 0.246 e. The molecule has 2 saturated heterocycles. The summed E-state index contributed by atoms with van der Waals surface area (Å²) < 4.78 is 6.30. The summed E-state index contributed by atoms with van der Waals surface area (Å²) in [5.41, 5.74) is 4.16. The summed E-state index contributed by atoms with van der Waals surface area (Å²) in [5.74, 6) is 0.311. The monoisotopic (exact) mass is 554 g/mol. The van der Waals surface area contributed by atoms with Crippen LogP contribution < -0.4 is 14.5 Å². The topological polar surface area (TPSA) is 75.9 Å². The number of carbonyl (C=O) groups is 1. The average Bonchev–Trinajstić information content (AvgIpc) is 3.36. The maximum Gasteiger partial charge on any atom is 0.246 e. The second kappa shape index (κ2) is 11.4. The Hall–Kier alpha value is -2.99. The number of aromatic nitrogens is 1. The minimum Gasteiger partial charge on any atom is -0.475 e. The highest BCUT2D eigenvalue weighted by Gasteiger charge is 2.32. The third-order valence-electron chi connectivity index (χ3n) is 7.84. The van der Waals surface area contributed by atoms with Crippen molar-refractivity contribution in [2.24, 2.45) is 0 Å². The van der Waals surface area contributed by atoms with E-state index in [9.17, 15) is 10.1 Å². The Morgan fingerprint density at radius 1 is 1.21 bits per heavy atom. The number of piperazine rings is 1. The molecule has 38 heavy (non-hydrogen) atoms. The van der Waals surface area contributed by atoms with Gasteiger partial charge in [0, 0.05) is 44.3 Å². The molecule has 0 aliphatic carbocycles. The number of nitrogens with zero attached hydrogens (tertiary/aromatic N) is 6. The molecule has 1 unspecified atom stereocenters. The summed E-state index contributed by atoms with van der Waals surface area (Å²) in [5, 5.41) is 11.4. The standard InChI is InChI=1S/C28H32Cl2N6O2/c1-3-25(37)34-12-14-35(15-13-34)27-20-9-11-36(24-8-4-7-22(29)26(24)30)17-23(20)32-28(21(27)16-31)38-18-19-6-5-10-33(19)2/h3-4,7-8,19H,1,5-6,9-15,17-18H2,2H3. The number of hydrogen-bond donors (Lipinski definition) is 0. The zero-order valence-electron chi connectivity index (χ0n) is 21.6. The fourth-order valence-electron chi connectivity index (χ4n) is 5.68. The first-order valence-electron chi connectivity index (χ1n) is 13.1. The number of rotatable bonds is 6. The molecule has 0 saturated carbocycles. The zero-order valence-corrected chi connectivity index (χ0v) is 23.1. The number of ether oxygens (including phenoxy) is 1. The van der Waals surface area contributed by atoms with Gasteiger partial charge in [-0.15, -0.1) is 0 Å². The lowest BCUT2D eigenvalue weighted by Gasteiger charge is -2.39. The number of amides is 1. The fourth-order valence-corrected chi connectivity index (χ4v) is 6.09. The highest BCUT2D eigenvalue weighted by molar-refractivity contribution is 6.43. The highest BCUT2D eigenvalue weighted by Crippen LogP contribution is 2.40. The van der Waals surface area contributed by atoms with Crippen LogP contribution in [0.5, 0.6) is 5.88 Å². The van der Waals surface area contributed by atoms with Gasteiger partial charge >= 0.3 is 0 Å². The Balaban J connectivity index is 1.50. The van der Waals surface area contributed by atoms with E-state index in [4.69, 9.17) is 32.9 Å². The second-order valence-corrected chi connectivity index (χ2v) is 10.8. The molecule has 5 rings (SSSR count). The number of fused-ring (bicyclic) bond motifs is 1. The van der Waals surface area contributed by atoms with Crippen LogP contribution in [0.4, 0.5) is 11.4 Å². The van der Waals surface area contributed by atoms with Crippen molar-refractivity contribution in [1.29, 1.82) is 5.26 Å². The fraction of sp³-hybridized carbons (Fsp3) is 0.464. The Labute approximate surface area is 234 Å².